The van der Waals surface area contributed by atoms with Crippen LogP contribution < -0.4 is 0 Å². The topological polar surface area (TPSA) is 18.5 Å². The summed E-state index contributed by atoms with van der Waals surface area (Å²) in [7, 11) is 0. The molecule has 1 aliphatic heterocycles. The summed E-state index contributed by atoms with van der Waals surface area (Å²) in [6.07, 6.45) is -1.17. The first-order valence-electron chi connectivity index (χ1n) is 4.17. The number of halogens is 4. The van der Waals surface area contributed by atoms with E-state index in [4.69, 9.17) is 9.47 Å². The normalized spacial score (nSPS) is 17.3. The van der Waals surface area contributed by atoms with Gasteiger partial charge in [0.15, 0.2) is 29.6 Å². The number of benzene rings is 1. The molecule has 1 aliphatic rings. The van der Waals surface area contributed by atoms with E-state index < -0.39 is 35.1 Å². The average molecular weight is 222 g/mol. The molecule has 0 unspecified atom stereocenters. The van der Waals surface area contributed by atoms with Crippen LogP contribution in [0.15, 0.2) is 6.07 Å². The zero-order valence-electron chi connectivity index (χ0n) is 7.40. The summed E-state index contributed by atoms with van der Waals surface area (Å²) >= 11 is 0. The van der Waals surface area contributed by atoms with Gasteiger partial charge in [-0.15, -0.1) is 0 Å². The number of hydrogen-bond acceptors (Lipinski definition) is 2. The van der Waals surface area contributed by atoms with Crippen molar-refractivity contribution in [3.05, 3.63) is 34.9 Å². The SMILES string of the molecule is Fc1cc(C2OCCO2)c(F)c(F)c1F. The second kappa shape index (κ2) is 3.79. The van der Waals surface area contributed by atoms with Gasteiger partial charge in [-0.3, -0.25) is 0 Å². The quantitative estimate of drug-likeness (QED) is 0.412. The molecule has 0 N–H and O–H groups in total. The zero-order chi connectivity index (χ0) is 11.0. The first-order valence-corrected chi connectivity index (χ1v) is 4.17. The van der Waals surface area contributed by atoms with E-state index in [9.17, 15) is 17.6 Å². The Morgan fingerprint density at radius 2 is 1.53 bits per heavy atom. The summed E-state index contributed by atoms with van der Waals surface area (Å²) < 4.78 is 61.0. The van der Waals surface area contributed by atoms with E-state index in [0.717, 1.165) is 0 Å². The fourth-order valence-corrected chi connectivity index (χ4v) is 1.30. The van der Waals surface area contributed by atoms with Crippen molar-refractivity contribution in [3.8, 4) is 0 Å². The van der Waals surface area contributed by atoms with Crippen LogP contribution in [-0.4, -0.2) is 13.2 Å². The standard InChI is InChI=1S/C9H6F4O2/c10-5-3-4(9-14-1-2-15-9)6(11)8(13)7(5)12/h3,9H,1-2H2. The molecule has 2 rings (SSSR count). The summed E-state index contributed by atoms with van der Waals surface area (Å²) in [6.45, 7) is 0.398. The van der Waals surface area contributed by atoms with Crippen molar-refractivity contribution in [1.82, 2.24) is 0 Å². The fourth-order valence-electron chi connectivity index (χ4n) is 1.30. The molecule has 2 nitrogen and oxygen atoms in total. The second-order valence-electron chi connectivity index (χ2n) is 2.96. The van der Waals surface area contributed by atoms with Crippen molar-refractivity contribution in [2.45, 2.75) is 6.29 Å². The van der Waals surface area contributed by atoms with Gasteiger partial charge in [-0.2, -0.15) is 0 Å². The van der Waals surface area contributed by atoms with Crippen LogP contribution in [0, 0.1) is 23.3 Å². The largest absolute Gasteiger partial charge is 0.346 e. The van der Waals surface area contributed by atoms with Gasteiger partial charge in [0.05, 0.1) is 13.2 Å². The maximum absolute atomic E-state index is 13.2. The lowest BCUT2D eigenvalue weighted by Gasteiger charge is -2.11. The summed E-state index contributed by atoms with van der Waals surface area (Å²) in [6, 6.07) is 0.531. The molecule has 0 bridgehead atoms. The van der Waals surface area contributed by atoms with Gasteiger partial charge in [0.1, 0.15) is 0 Å². The Morgan fingerprint density at radius 3 is 2.13 bits per heavy atom. The molecule has 1 aromatic rings. The van der Waals surface area contributed by atoms with Gasteiger partial charge in [0.25, 0.3) is 0 Å². The van der Waals surface area contributed by atoms with E-state index in [1.807, 2.05) is 0 Å². The zero-order valence-corrected chi connectivity index (χ0v) is 7.40. The third kappa shape index (κ3) is 1.70. The first kappa shape index (κ1) is 10.4. The molecule has 0 aromatic heterocycles. The van der Waals surface area contributed by atoms with Gasteiger partial charge < -0.3 is 9.47 Å². The molecule has 0 atom stereocenters. The maximum atomic E-state index is 13.2. The van der Waals surface area contributed by atoms with Crippen LogP contribution in [0.1, 0.15) is 11.9 Å². The van der Waals surface area contributed by atoms with Crippen LogP contribution >= 0.6 is 0 Å². The van der Waals surface area contributed by atoms with Gasteiger partial charge >= 0.3 is 0 Å². The monoisotopic (exact) mass is 222 g/mol. The van der Waals surface area contributed by atoms with Crippen LogP contribution in [0.3, 0.4) is 0 Å². The molecule has 1 heterocycles. The van der Waals surface area contributed by atoms with E-state index in [1.54, 1.807) is 0 Å². The van der Waals surface area contributed by atoms with Crippen LogP contribution in [0.4, 0.5) is 17.6 Å². The number of rotatable bonds is 1. The summed E-state index contributed by atoms with van der Waals surface area (Å²) in [5.74, 6) is -6.65. The van der Waals surface area contributed by atoms with Crippen molar-refractivity contribution in [2.75, 3.05) is 13.2 Å². The van der Waals surface area contributed by atoms with Crippen LogP contribution in [-0.2, 0) is 9.47 Å². The lowest BCUT2D eigenvalue weighted by molar-refractivity contribution is -0.0472. The average Bonchev–Trinajstić information content (AvgIpc) is 2.73. The Bertz CT molecular complexity index is 388. The van der Waals surface area contributed by atoms with Crippen LogP contribution in [0.2, 0.25) is 0 Å². The van der Waals surface area contributed by atoms with Gasteiger partial charge in [-0.1, -0.05) is 0 Å². The molecule has 0 saturated carbocycles. The Morgan fingerprint density at radius 1 is 0.933 bits per heavy atom. The van der Waals surface area contributed by atoms with Crippen molar-refractivity contribution >= 4 is 0 Å². The van der Waals surface area contributed by atoms with E-state index in [1.165, 1.54) is 0 Å². The Kier molecular flexibility index (Phi) is 2.62. The van der Waals surface area contributed by atoms with Crippen molar-refractivity contribution in [3.63, 3.8) is 0 Å². The highest BCUT2D eigenvalue weighted by Crippen LogP contribution is 2.29. The molecule has 1 saturated heterocycles. The van der Waals surface area contributed by atoms with Crippen molar-refractivity contribution in [2.24, 2.45) is 0 Å². The third-order valence-electron chi connectivity index (χ3n) is 2.01. The predicted octanol–water partition coefficient (Wildman–Crippen LogP) is 2.29. The fraction of sp³-hybridized carbons (Fsp3) is 0.333. The van der Waals surface area contributed by atoms with E-state index in [-0.39, 0.29) is 13.2 Å². The molecule has 6 heteroatoms. The maximum Gasteiger partial charge on any atom is 0.197 e. The minimum atomic E-state index is -1.86. The van der Waals surface area contributed by atoms with Crippen LogP contribution in [0.5, 0.6) is 0 Å². The van der Waals surface area contributed by atoms with Gasteiger partial charge in [0.2, 0.25) is 0 Å². The van der Waals surface area contributed by atoms with Crippen LogP contribution in [0.25, 0.3) is 0 Å². The highest BCUT2D eigenvalue weighted by atomic mass is 19.2. The summed E-state index contributed by atoms with van der Waals surface area (Å²) in [5.41, 5.74) is -0.469. The van der Waals surface area contributed by atoms with E-state index in [2.05, 4.69) is 0 Å². The van der Waals surface area contributed by atoms with Gasteiger partial charge in [0, 0.05) is 5.56 Å². The van der Waals surface area contributed by atoms with E-state index >= 15 is 0 Å². The second-order valence-corrected chi connectivity index (χ2v) is 2.96. The highest BCUT2D eigenvalue weighted by molar-refractivity contribution is 5.23. The van der Waals surface area contributed by atoms with Crippen molar-refractivity contribution < 1.29 is 27.0 Å². The first-order chi connectivity index (χ1) is 7.11. The van der Waals surface area contributed by atoms with Gasteiger partial charge in [-0.25, -0.2) is 17.6 Å². The molecular weight excluding hydrogens is 216 g/mol. The van der Waals surface area contributed by atoms with Gasteiger partial charge in [-0.05, 0) is 6.07 Å². The van der Waals surface area contributed by atoms with E-state index in [0.29, 0.717) is 6.07 Å². The minimum Gasteiger partial charge on any atom is -0.346 e. The number of ether oxygens (including phenoxy) is 2. The Hall–Kier alpha value is -1.14. The third-order valence-corrected chi connectivity index (χ3v) is 2.01. The summed E-state index contributed by atoms with van der Waals surface area (Å²) in [5, 5.41) is 0. The molecule has 1 fully saturated rings. The molecular formula is C9H6F4O2. The molecule has 15 heavy (non-hydrogen) atoms. The molecule has 0 amide bonds. The minimum absolute atomic E-state index is 0.199. The molecule has 0 spiro atoms. The molecule has 0 aliphatic carbocycles. The smallest absolute Gasteiger partial charge is 0.197 e. The van der Waals surface area contributed by atoms with Crippen molar-refractivity contribution in [1.29, 1.82) is 0 Å². The number of hydrogen-bond donors (Lipinski definition) is 0. The Labute approximate surface area is 82.4 Å². The Balaban J connectivity index is 2.47. The summed E-state index contributed by atoms with van der Waals surface area (Å²) in [4.78, 5) is 0. The predicted molar refractivity (Wildman–Crippen MR) is 40.9 cm³/mol. The lowest BCUT2D eigenvalue weighted by Crippen LogP contribution is -2.07. The highest BCUT2D eigenvalue weighted by Gasteiger charge is 2.27. The molecule has 1 aromatic carbocycles. The lowest BCUT2D eigenvalue weighted by atomic mass is 10.2. The molecule has 82 valence electrons. The molecule has 0 radical (unpaired) electrons.